The SMILES string of the molecule is CC/C=C\C/C=C\C/C=C\CCCCCCCC(=O)NC(COP(=O)([O-])OCC[N+](C)(C)C)C(O)/C=C/CC/C=C/CCCCCCCCCCCCCCCCCCCCC. The summed E-state index contributed by atoms with van der Waals surface area (Å²) < 4.78 is 23.2. The van der Waals surface area contributed by atoms with Crippen LogP contribution in [0.5, 0.6) is 0 Å². The molecular weight excluding hydrogens is 792 g/mol. The Morgan fingerprint density at radius 1 is 0.581 bits per heavy atom. The molecule has 0 heterocycles. The van der Waals surface area contributed by atoms with E-state index >= 15 is 0 Å². The molecular formula is C53H99N2O6P. The molecule has 0 fully saturated rings. The van der Waals surface area contributed by atoms with Crippen LogP contribution in [0.1, 0.15) is 219 Å². The van der Waals surface area contributed by atoms with Crippen molar-refractivity contribution in [3.8, 4) is 0 Å². The molecule has 0 saturated carbocycles. The van der Waals surface area contributed by atoms with E-state index in [-0.39, 0.29) is 12.5 Å². The molecule has 0 aromatic heterocycles. The third kappa shape index (κ3) is 46.2. The number of aliphatic hydroxyl groups excluding tert-OH is 1. The fourth-order valence-electron chi connectivity index (χ4n) is 7.18. The number of carbonyl (C=O) groups excluding carboxylic acids is 1. The van der Waals surface area contributed by atoms with Gasteiger partial charge in [0.1, 0.15) is 13.2 Å². The number of carbonyl (C=O) groups is 1. The molecule has 0 aliphatic heterocycles. The number of hydrogen-bond acceptors (Lipinski definition) is 6. The van der Waals surface area contributed by atoms with Crippen LogP contribution < -0.4 is 10.2 Å². The molecule has 8 nitrogen and oxygen atoms in total. The molecule has 0 spiro atoms. The maximum absolute atomic E-state index is 12.9. The predicted molar refractivity (Wildman–Crippen MR) is 265 cm³/mol. The van der Waals surface area contributed by atoms with Crippen LogP contribution in [0, 0.1) is 0 Å². The van der Waals surface area contributed by atoms with Crippen LogP contribution >= 0.6 is 7.82 Å². The van der Waals surface area contributed by atoms with Crippen molar-refractivity contribution >= 4 is 13.7 Å². The number of aliphatic hydroxyl groups is 1. The first-order chi connectivity index (χ1) is 30.0. The molecule has 62 heavy (non-hydrogen) atoms. The Morgan fingerprint density at radius 3 is 1.50 bits per heavy atom. The second kappa shape index (κ2) is 44.4. The minimum atomic E-state index is -4.61. The standard InChI is InChI=1S/C53H99N2O6P/c1-6-8-10-12-14-16-18-20-22-23-24-25-26-27-28-29-30-31-33-34-36-38-40-42-44-46-52(56)51(50-61-62(58,59)60-49-48-55(3,4)5)54-53(57)47-45-43-41-39-37-35-32-21-19-17-15-13-11-9-7-2/h9,11,15,17,21,32,36,38,44,46,51-52,56H,6-8,10,12-14,16,18-20,22-31,33-35,37,39-43,45,47-50H2,1-5H3,(H-,54,57,58,59)/b11-9-,17-15-,32-21-,38-36+,46-44+. The smallest absolute Gasteiger partial charge is 0.268 e. The van der Waals surface area contributed by atoms with Crippen molar-refractivity contribution in [2.24, 2.45) is 0 Å². The minimum absolute atomic E-state index is 0.0122. The summed E-state index contributed by atoms with van der Waals surface area (Å²) in [6, 6.07) is -0.914. The highest BCUT2D eigenvalue weighted by Gasteiger charge is 2.23. The van der Waals surface area contributed by atoms with Crippen molar-refractivity contribution in [1.29, 1.82) is 0 Å². The average molecular weight is 891 g/mol. The van der Waals surface area contributed by atoms with Gasteiger partial charge in [-0.15, -0.1) is 0 Å². The van der Waals surface area contributed by atoms with Crippen molar-refractivity contribution in [3.63, 3.8) is 0 Å². The van der Waals surface area contributed by atoms with Crippen LogP contribution in [0.25, 0.3) is 0 Å². The van der Waals surface area contributed by atoms with E-state index in [0.29, 0.717) is 17.4 Å². The minimum Gasteiger partial charge on any atom is -0.756 e. The van der Waals surface area contributed by atoms with Crippen molar-refractivity contribution < 1.29 is 32.9 Å². The van der Waals surface area contributed by atoms with E-state index in [1.165, 1.54) is 122 Å². The van der Waals surface area contributed by atoms with Crippen molar-refractivity contribution in [1.82, 2.24) is 5.32 Å². The molecule has 362 valence electrons. The molecule has 0 saturated heterocycles. The fraction of sp³-hybridized carbons (Fsp3) is 0.792. The molecule has 3 atom stereocenters. The van der Waals surface area contributed by atoms with Crippen molar-refractivity contribution in [2.75, 3.05) is 40.9 Å². The van der Waals surface area contributed by atoms with E-state index in [2.05, 4.69) is 67.8 Å². The van der Waals surface area contributed by atoms with Crippen molar-refractivity contribution in [3.05, 3.63) is 60.8 Å². The van der Waals surface area contributed by atoms with Gasteiger partial charge in [-0.25, -0.2) is 0 Å². The third-order valence-electron chi connectivity index (χ3n) is 11.2. The molecule has 1 amide bonds. The zero-order valence-electron chi connectivity index (χ0n) is 41.1. The number of phosphoric acid groups is 1. The van der Waals surface area contributed by atoms with Crippen LogP contribution in [0.2, 0.25) is 0 Å². The Hall–Kier alpha value is -1.80. The summed E-state index contributed by atoms with van der Waals surface area (Å²) in [6.07, 6.45) is 58.7. The molecule has 0 aliphatic carbocycles. The number of likely N-dealkylation sites (N-methyl/N-ethyl adjacent to an activating group) is 1. The van der Waals surface area contributed by atoms with Gasteiger partial charge in [0.15, 0.2) is 0 Å². The first kappa shape index (κ1) is 60.2. The zero-order chi connectivity index (χ0) is 45.7. The normalized spacial score (nSPS) is 14.6. The summed E-state index contributed by atoms with van der Waals surface area (Å²) in [5, 5.41) is 13.8. The Balaban J connectivity index is 4.33. The van der Waals surface area contributed by atoms with Gasteiger partial charge in [-0.1, -0.05) is 209 Å². The lowest BCUT2D eigenvalue weighted by Crippen LogP contribution is -2.45. The number of nitrogens with one attached hydrogen (secondary N) is 1. The number of hydrogen-bond donors (Lipinski definition) is 2. The number of amides is 1. The largest absolute Gasteiger partial charge is 0.756 e. The lowest BCUT2D eigenvalue weighted by atomic mass is 10.0. The van der Waals surface area contributed by atoms with E-state index in [0.717, 1.165) is 77.0 Å². The first-order valence-electron chi connectivity index (χ1n) is 25.7. The van der Waals surface area contributed by atoms with Gasteiger partial charge in [-0.2, -0.15) is 0 Å². The molecule has 3 unspecified atom stereocenters. The Labute approximate surface area is 383 Å². The van der Waals surface area contributed by atoms with Gasteiger partial charge in [-0.05, 0) is 64.2 Å². The predicted octanol–water partition coefficient (Wildman–Crippen LogP) is 14.3. The molecule has 0 aromatic rings. The Kier molecular flexibility index (Phi) is 43.1. The van der Waals surface area contributed by atoms with Gasteiger partial charge in [0.25, 0.3) is 7.82 Å². The zero-order valence-corrected chi connectivity index (χ0v) is 42.0. The van der Waals surface area contributed by atoms with Crippen LogP contribution in [0.4, 0.5) is 0 Å². The van der Waals surface area contributed by atoms with E-state index in [1.807, 2.05) is 27.2 Å². The van der Waals surface area contributed by atoms with Gasteiger partial charge in [0.05, 0.1) is 39.9 Å². The molecule has 9 heteroatoms. The Morgan fingerprint density at radius 2 is 1.00 bits per heavy atom. The molecule has 0 radical (unpaired) electrons. The van der Waals surface area contributed by atoms with Gasteiger partial charge in [0.2, 0.25) is 5.91 Å². The van der Waals surface area contributed by atoms with Gasteiger partial charge in [0, 0.05) is 6.42 Å². The number of unbranched alkanes of at least 4 members (excludes halogenated alkanes) is 25. The quantitative estimate of drug-likeness (QED) is 0.0273. The summed E-state index contributed by atoms with van der Waals surface area (Å²) in [5.74, 6) is -0.225. The molecule has 0 aliphatic rings. The highest BCUT2D eigenvalue weighted by molar-refractivity contribution is 7.45. The number of rotatable bonds is 46. The maximum atomic E-state index is 12.9. The summed E-state index contributed by atoms with van der Waals surface area (Å²) in [6.45, 7) is 4.50. The lowest BCUT2D eigenvalue weighted by Gasteiger charge is -2.29. The monoisotopic (exact) mass is 891 g/mol. The highest BCUT2D eigenvalue weighted by atomic mass is 31.2. The second-order valence-corrected chi connectivity index (χ2v) is 19.9. The first-order valence-corrected chi connectivity index (χ1v) is 27.1. The number of quaternary nitrogens is 1. The topological polar surface area (TPSA) is 108 Å². The third-order valence-corrected chi connectivity index (χ3v) is 12.2. The fourth-order valence-corrected chi connectivity index (χ4v) is 7.91. The summed E-state index contributed by atoms with van der Waals surface area (Å²) >= 11 is 0. The maximum Gasteiger partial charge on any atom is 0.268 e. The van der Waals surface area contributed by atoms with Gasteiger partial charge in [-0.3, -0.25) is 9.36 Å². The number of allylic oxidation sites excluding steroid dienone is 9. The van der Waals surface area contributed by atoms with E-state index in [9.17, 15) is 19.4 Å². The second-order valence-electron chi connectivity index (χ2n) is 18.5. The van der Waals surface area contributed by atoms with Crippen LogP contribution in [0.15, 0.2) is 60.8 Å². The average Bonchev–Trinajstić information content (AvgIpc) is 3.23. The molecule has 0 aromatic carbocycles. The Bertz CT molecular complexity index is 1190. The number of nitrogens with zero attached hydrogens (tertiary/aromatic N) is 1. The van der Waals surface area contributed by atoms with Crippen LogP contribution in [0.3, 0.4) is 0 Å². The van der Waals surface area contributed by atoms with Crippen LogP contribution in [-0.2, 0) is 18.4 Å². The summed E-state index contributed by atoms with van der Waals surface area (Å²) in [4.78, 5) is 25.4. The summed E-state index contributed by atoms with van der Waals surface area (Å²) in [7, 11) is 1.23. The number of phosphoric ester groups is 1. The van der Waals surface area contributed by atoms with E-state index in [1.54, 1.807) is 6.08 Å². The molecule has 0 rings (SSSR count). The van der Waals surface area contributed by atoms with Gasteiger partial charge >= 0.3 is 0 Å². The molecule has 0 bridgehead atoms. The van der Waals surface area contributed by atoms with Crippen LogP contribution in [-0.4, -0.2) is 68.5 Å². The van der Waals surface area contributed by atoms with Crippen molar-refractivity contribution in [2.45, 2.75) is 231 Å². The molecule has 2 N–H and O–H groups in total. The van der Waals surface area contributed by atoms with Gasteiger partial charge < -0.3 is 28.8 Å². The van der Waals surface area contributed by atoms with E-state index < -0.39 is 26.6 Å². The summed E-state index contributed by atoms with van der Waals surface area (Å²) in [5.41, 5.74) is 0. The lowest BCUT2D eigenvalue weighted by molar-refractivity contribution is -0.870. The highest BCUT2D eigenvalue weighted by Crippen LogP contribution is 2.38. The van der Waals surface area contributed by atoms with E-state index in [4.69, 9.17) is 9.05 Å².